The van der Waals surface area contributed by atoms with Crippen LogP contribution in [0, 0.1) is 5.92 Å². The number of imide groups is 1. The van der Waals surface area contributed by atoms with Crippen molar-refractivity contribution in [2.45, 2.75) is 58.5 Å². The number of amides is 4. The highest BCUT2D eigenvalue weighted by Crippen LogP contribution is 2.29. The van der Waals surface area contributed by atoms with Crippen molar-refractivity contribution >= 4 is 27.7 Å². The summed E-state index contributed by atoms with van der Waals surface area (Å²) in [5.41, 5.74) is 0.563. The van der Waals surface area contributed by atoms with E-state index in [9.17, 15) is 22.8 Å². The van der Waals surface area contributed by atoms with Gasteiger partial charge in [0.25, 0.3) is 5.91 Å². The van der Waals surface area contributed by atoms with Crippen molar-refractivity contribution in [1.29, 1.82) is 0 Å². The fourth-order valence-corrected chi connectivity index (χ4v) is 6.16. The number of hydrogen-bond acceptors (Lipinski definition) is 5. The topological polar surface area (TPSA) is 104 Å². The molecule has 0 spiro atoms. The highest BCUT2D eigenvalue weighted by atomic mass is 32.2. The molecule has 0 saturated carbocycles. The Labute approximate surface area is 190 Å². The zero-order valence-electron chi connectivity index (χ0n) is 19.3. The lowest BCUT2D eigenvalue weighted by Crippen LogP contribution is -2.49. The van der Waals surface area contributed by atoms with Crippen molar-refractivity contribution in [1.82, 2.24) is 15.1 Å². The summed E-state index contributed by atoms with van der Waals surface area (Å²) in [5, 5.41) is 2.74. The minimum atomic E-state index is -3.17. The smallest absolute Gasteiger partial charge is 0.325 e. The molecule has 0 radical (unpaired) electrons. The van der Waals surface area contributed by atoms with Gasteiger partial charge in [0.05, 0.1) is 11.5 Å². The second-order valence-electron chi connectivity index (χ2n) is 9.39. The molecule has 1 N–H and O–H groups in total. The minimum Gasteiger partial charge on any atom is -0.337 e. The number of nitrogens with zero attached hydrogens (tertiary/aromatic N) is 2. The largest absolute Gasteiger partial charge is 0.337 e. The van der Waals surface area contributed by atoms with Gasteiger partial charge in [0.2, 0.25) is 5.91 Å². The van der Waals surface area contributed by atoms with Gasteiger partial charge in [-0.1, -0.05) is 51.5 Å². The molecular weight excluding hydrogens is 430 g/mol. The summed E-state index contributed by atoms with van der Waals surface area (Å²) in [7, 11) is -3.17. The van der Waals surface area contributed by atoms with E-state index in [1.165, 1.54) is 4.90 Å². The van der Waals surface area contributed by atoms with Crippen molar-refractivity contribution in [2.75, 3.05) is 24.6 Å². The van der Waals surface area contributed by atoms with E-state index in [1.54, 1.807) is 6.92 Å². The van der Waals surface area contributed by atoms with Crippen LogP contribution in [0.2, 0.25) is 0 Å². The average molecular weight is 464 g/mol. The highest BCUT2D eigenvalue weighted by molar-refractivity contribution is 7.91. The quantitative estimate of drug-likeness (QED) is 0.595. The van der Waals surface area contributed by atoms with Crippen LogP contribution < -0.4 is 5.32 Å². The number of sulfone groups is 1. The molecule has 9 heteroatoms. The molecule has 32 heavy (non-hydrogen) atoms. The third kappa shape index (κ3) is 4.98. The van der Waals surface area contributed by atoms with Crippen LogP contribution in [0.3, 0.4) is 0 Å². The summed E-state index contributed by atoms with van der Waals surface area (Å²) in [4.78, 5) is 41.5. The van der Waals surface area contributed by atoms with Gasteiger partial charge in [-0.2, -0.15) is 0 Å². The van der Waals surface area contributed by atoms with Crippen LogP contribution in [0.5, 0.6) is 0 Å². The first-order valence-corrected chi connectivity index (χ1v) is 13.0. The molecule has 2 aliphatic rings. The number of urea groups is 1. The molecule has 2 unspecified atom stereocenters. The van der Waals surface area contributed by atoms with E-state index < -0.39 is 45.8 Å². The molecular formula is C23H33N3O5S. The number of rotatable bonds is 8. The maximum atomic E-state index is 13.2. The molecule has 176 valence electrons. The molecule has 1 aromatic rings. The van der Waals surface area contributed by atoms with Crippen LogP contribution in [0.15, 0.2) is 24.3 Å². The second kappa shape index (κ2) is 9.21. The van der Waals surface area contributed by atoms with Crippen molar-refractivity contribution in [3.05, 3.63) is 35.4 Å². The molecule has 0 aromatic heterocycles. The molecule has 8 nitrogen and oxygen atoms in total. The fraction of sp³-hybridized carbons (Fsp3) is 0.609. The van der Waals surface area contributed by atoms with Gasteiger partial charge >= 0.3 is 6.03 Å². The number of carbonyl (C=O) groups is 3. The van der Waals surface area contributed by atoms with Crippen LogP contribution in [0.25, 0.3) is 0 Å². The van der Waals surface area contributed by atoms with E-state index in [1.807, 2.05) is 38.1 Å². The Balaban J connectivity index is 1.77. The Bertz CT molecular complexity index is 989. The van der Waals surface area contributed by atoms with Gasteiger partial charge in [-0.05, 0) is 36.8 Å². The van der Waals surface area contributed by atoms with Crippen LogP contribution >= 0.6 is 0 Å². The molecule has 4 amide bonds. The summed E-state index contributed by atoms with van der Waals surface area (Å²) < 4.78 is 23.9. The van der Waals surface area contributed by atoms with Gasteiger partial charge < -0.3 is 10.2 Å². The van der Waals surface area contributed by atoms with E-state index >= 15 is 0 Å². The van der Waals surface area contributed by atoms with E-state index in [4.69, 9.17) is 0 Å². The molecule has 1 aromatic carbocycles. The van der Waals surface area contributed by atoms with Gasteiger partial charge in [0.15, 0.2) is 9.84 Å². The minimum absolute atomic E-state index is 0.0504. The predicted octanol–water partition coefficient (Wildman–Crippen LogP) is 2.08. The first-order valence-electron chi connectivity index (χ1n) is 11.2. The van der Waals surface area contributed by atoms with Crippen LogP contribution in [-0.2, 0) is 31.4 Å². The fourth-order valence-electron chi connectivity index (χ4n) is 4.42. The van der Waals surface area contributed by atoms with E-state index in [2.05, 4.69) is 12.2 Å². The third-order valence-electron chi connectivity index (χ3n) is 6.17. The first-order chi connectivity index (χ1) is 15.0. The van der Waals surface area contributed by atoms with Crippen molar-refractivity contribution in [2.24, 2.45) is 5.92 Å². The lowest BCUT2D eigenvalue weighted by atomic mass is 9.91. The Morgan fingerprint density at radius 2 is 1.91 bits per heavy atom. The highest BCUT2D eigenvalue weighted by Gasteiger charge is 2.50. The van der Waals surface area contributed by atoms with Crippen LogP contribution in [-0.4, -0.2) is 66.7 Å². The third-order valence-corrected chi connectivity index (χ3v) is 7.92. The van der Waals surface area contributed by atoms with Crippen molar-refractivity contribution < 1.29 is 22.8 Å². The molecule has 0 aliphatic carbocycles. The summed E-state index contributed by atoms with van der Waals surface area (Å²) in [6.45, 7) is 7.58. The predicted molar refractivity (Wildman–Crippen MR) is 122 cm³/mol. The normalized spacial score (nSPS) is 24.8. The molecule has 0 bridgehead atoms. The number of aryl methyl sites for hydroxylation is 1. The molecule has 3 rings (SSSR count). The van der Waals surface area contributed by atoms with Gasteiger partial charge in [-0.15, -0.1) is 0 Å². The molecule has 2 heterocycles. The van der Waals surface area contributed by atoms with Crippen molar-refractivity contribution in [3.63, 3.8) is 0 Å². The van der Waals surface area contributed by atoms with Gasteiger partial charge in [0.1, 0.15) is 12.1 Å². The summed E-state index contributed by atoms with van der Waals surface area (Å²) in [6, 6.07) is 6.52. The van der Waals surface area contributed by atoms with Crippen LogP contribution in [0.4, 0.5) is 4.79 Å². The standard InChI is InChI=1S/C23H33N3O5S/c1-5-6-17-7-9-18(10-8-17)23(4)21(28)26(22(29)24-23)14-20(27)25(13-16(2)3)19-11-12-32(30,31)15-19/h7-10,16,19H,5-6,11-15H2,1-4H3,(H,24,29). The second-order valence-corrected chi connectivity index (χ2v) is 11.6. The average Bonchev–Trinajstić information content (AvgIpc) is 3.18. The monoisotopic (exact) mass is 463 g/mol. The number of nitrogens with one attached hydrogen (secondary N) is 1. The Hall–Kier alpha value is -2.42. The number of benzene rings is 1. The van der Waals surface area contributed by atoms with E-state index in [0.29, 0.717) is 18.5 Å². The van der Waals surface area contributed by atoms with Gasteiger partial charge in [0, 0.05) is 12.6 Å². The lowest BCUT2D eigenvalue weighted by Gasteiger charge is -2.31. The Kier molecular flexibility index (Phi) is 6.97. The SMILES string of the molecule is CCCc1ccc(C2(C)NC(=O)N(CC(=O)N(CC(C)C)C3CCS(=O)(=O)C3)C2=O)cc1. The summed E-state index contributed by atoms with van der Waals surface area (Å²) in [5.74, 6) is -0.797. The molecule has 2 aliphatic heterocycles. The van der Waals surface area contributed by atoms with E-state index in [-0.39, 0.29) is 17.4 Å². The van der Waals surface area contributed by atoms with Gasteiger partial charge in [-0.3, -0.25) is 14.5 Å². The molecule has 2 saturated heterocycles. The summed E-state index contributed by atoms with van der Waals surface area (Å²) in [6.07, 6.45) is 2.32. The zero-order chi connectivity index (χ0) is 23.7. The number of carbonyl (C=O) groups excluding carboxylic acids is 3. The lowest BCUT2D eigenvalue weighted by molar-refractivity contribution is -0.140. The maximum Gasteiger partial charge on any atom is 0.325 e. The number of hydrogen-bond donors (Lipinski definition) is 1. The zero-order valence-corrected chi connectivity index (χ0v) is 20.1. The van der Waals surface area contributed by atoms with Gasteiger partial charge in [-0.25, -0.2) is 13.2 Å². The first kappa shape index (κ1) is 24.2. The Morgan fingerprint density at radius 1 is 1.25 bits per heavy atom. The van der Waals surface area contributed by atoms with Crippen molar-refractivity contribution in [3.8, 4) is 0 Å². The summed E-state index contributed by atoms with van der Waals surface area (Å²) >= 11 is 0. The maximum absolute atomic E-state index is 13.2. The molecule has 2 atom stereocenters. The molecule has 2 fully saturated rings. The Morgan fingerprint density at radius 3 is 2.44 bits per heavy atom. The van der Waals surface area contributed by atoms with Crippen LogP contribution in [0.1, 0.15) is 51.7 Å². The van der Waals surface area contributed by atoms with E-state index in [0.717, 1.165) is 23.3 Å².